The van der Waals surface area contributed by atoms with E-state index in [1.54, 1.807) is 4.68 Å². The van der Waals surface area contributed by atoms with Gasteiger partial charge in [-0.05, 0) is 25.8 Å². The number of rotatable bonds is 2. The standard InChI is InChI=1S/C11H16F2N2/c1-8-7-10(11(2,12)13)14-15(8)9-5-3-4-6-9/h7,9H,3-6H2,1-2H3. The molecule has 0 aliphatic heterocycles. The van der Waals surface area contributed by atoms with E-state index < -0.39 is 5.92 Å². The Hall–Kier alpha value is -0.930. The summed E-state index contributed by atoms with van der Waals surface area (Å²) in [6.07, 6.45) is 4.50. The first kappa shape index (κ1) is 10.6. The average molecular weight is 214 g/mol. The van der Waals surface area contributed by atoms with Crippen molar-refractivity contribution in [1.29, 1.82) is 0 Å². The number of nitrogens with zero attached hydrogens (tertiary/aromatic N) is 2. The molecule has 0 N–H and O–H groups in total. The zero-order valence-electron chi connectivity index (χ0n) is 9.13. The third-order valence-corrected chi connectivity index (χ3v) is 3.04. The summed E-state index contributed by atoms with van der Waals surface area (Å²) in [5.41, 5.74) is 0.741. The predicted molar refractivity (Wildman–Crippen MR) is 54.0 cm³/mol. The molecule has 1 aromatic rings. The van der Waals surface area contributed by atoms with Crippen LogP contribution in [0.5, 0.6) is 0 Å². The second-order valence-corrected chi connectivity index (χ2v) is 4.44. The van der Waals surface area contributed by atoms with E-state index in [4.69, 9.17) is 0 Å². The molecule has 1 fully saturated rings. The number of hydrogen-bond acceptors (Lipinski definition) is 1. The third-order valence-electron chi connectivity index (χ3n) is 3.04. The van der Waals surface area contributed by atoms with Crippen LogP contribution in [0.4, 0.5) is 8.78 Å². The van der Waals surface area contributed by atoms with Crippen LogP contribution in [0.2, 0.25) is 0 Å². The Morgan fingerprint density at radius 3 is 2.47 bits per heavy atom. The fourth-order valence-corrected chi connectivity index (χ4v) is 2.22. The van der Waals surface area contributed by atoms with Gasteiger partial charge in [0.25, 0.3) is 5.92 Å². The van der Waals surface area contributed by atoms with E-state index in [-0.39, 0.29) is 5.69 Å². The first-order valence-corrected chi connectivity index (χ1v) is 5.43. The van der Waals surface area contributed by atoms with E-state index in [1.165, 1.54) is 18.9 Å². The lowest BCUT2D eigenvalue weighted by atomic mass is 10.2. The number of halogens is 2. The number of aryl methyl sites for hydroxylation is 1. The Bertz CT molecular complexity index is 346. The Morgan fingerprint density at radius 1 is 1.40 bits per heavy atom. The van der Waals surface area contributed by atoms with Gasteiger partial charge in [-0.1, -0.05) is 12.8 Å². The van der Waals surface area contributed by atoms with Gasteiger partial charge in [-0.25, -0.2) is 0 Å². The van der Waals surface area contributed by atoms with Crippen LogP contribution in [-0.4, -0.2) is 9.78 Å². The molecule has 1 heterocycles. The van der Waals surface area contributed by atoms with Gasteiger partial charge in [0, 0.05) is 12.6 Å². The average Bonchev–Trinajstić information content (AvgIpc) is 2.69. The van der Waals surface area contributed by atoms with Crippen molar-refractivity contribution >= 4 is 0 Å². The molecule has 1 aliphatic rings. The van der Waals surface area contributed by atoms with Crippen molar-refractivity contribution in [2.45, 2.75) is 51.5 Å². The molecule has 2 rings (SSSR count). The van der Waals surface area contributed by atoms with Crippen molar-refractivity contribution in [1.82, 2.24) is 9.78 Å². The maximum atomic E-state index is 13.1. The van der Waals surface area contributed by atoms with Crippen LogP contribution in [-0.2, 0) is 5.92 Å². The highest BCUT2D eigenvalue weighted by Gasteiger charge is 2.30. The van der Waals surface area contributed by atoms with Gasteiger partial charge in [-0.2, -0.15) is 13.9 Å². The summed E-state index contributed by atoms with van der Waals surface area (Å²) in [6, 6.07) is 1.83. The Labute approximate surface area is 88.3 Å². The monoisotopic (exact) mass is 214 g/mol. The molecule has 4 heteroatoms. The van der Waals surface area contributed by atoms with Crippen LogP contribution in [0, 0.1) is 6.92 Å². The molecule has 2 nitrogen and oxygen atoms in total. The van der Waals surface area contributed by atoms with Gasteiger partial charge >= 0.3 is 0 Å². The van der Waals surface area contributed by atoms with Crippen molar-refractivity contribution < 1.29 is 8.78 Å². The van der Waals surface area contributed by atoms with Gasteiger partial charge in [0.15, 0.2) is 0 Å². The molecule has 0 saturated heterocycles. The maximum Gasteiger partial charge on any atom is 0.288 e. The fourth-order valence-electron chi connectivity index (χ4n) is 2.22. The Balaban J connectivity index is 2.29. The molecule has 0 radical (unpaired) electrons. The summed E-state index contributed by atoms with van der Waals surface area (Å²) >= 11 is 0. The summed E-state index contributed by atoms with van der Waals surface area (Å²) in [5, 5.41) is 4.03. The predicted octanol–water partition coefficient (Wildman–Crippen LogP) is 3.42. The maximum absolute atomic E-state index is 13.1. The second kappa shape index (κ2) is 3.58. The minimum absolute atomic E-state index is 0.105. The molecule has 0 aromatic carbocycles. The number of alkyl halides is 2. The molecule has 0 bridgehead atoms. The van der Waals surface area contributed by atoms with Crippen molar-refractivity contribution in [3.8, 4) is 0 Å². The molecule has 0 atom stereocenters. The van der Waals surface area contributed by atoms with E-state index in [9.17, 15) is 8.78 Å². The van der Waals surface area contributed by atoms with E-state index in [1.807, 2.05) is 6.92 Å². The number of hydrogen-bond donors (Lipinski definition) is 0. The van der Waals surface area contributed by atoms with E-state index >= 15 is 0 Å². The number of aromatic nitrogens is 2. The molecule has 1 aromatic heterocycles. The quantitative estimate of drug-likeness (QED) is 0.737. The highest BCUT2D eigenvalue weighted by atomic mass is 19.3. The van der Waals surface area contributed by atoms with Gasteiger partial charge in [0.1, 0.15) is 5.69 Å². The van der Waals surface area contributed by atoms with Gasteiger partial charge in [-0.3, -0.25) is 4.68 Å². The summed E-state index contributed by atoms with van der Waals surface area (Å²) in [5.74, 6) is -2.82. The Morgan fingerprint density at radius 2 is 2.00 bits per heavy atom. The molecule has 1 saturated carbocycles. The highest BCUT2D eigenvalue weighted by Crippen LogP contribution is 2.32. The lowest BCUT2D eigenvalue weighted by molar-refractivity contribution is 0.0119. The third kappa shape index (κ3) is 2.03. The van der Waals surface area contributed by atoms with E-state index in [0.29, 0.717) is 6.04 Å². The lowest BCUT2D eigenvalue weighted by Gasteiger charge is -2.12. The summed E-state index contributed by atoms with van der Waals surface area (Å²) in [4.78, 5) is 0. The van der Waals surface area contributed by atoms with Crippen LogP contribution in [0.1, 0.15) is 50.0 Å². The molecule has 15 heavy (non-hydrogen) atoms. The van der Waals surface area contributed by atoms with Crippen molar-refractivity contribution in [2.75, 3.05) is 0 Å². The molecule has 0 unspecified atom stereocenters. The van der Waals surface area contributed by atoms with E-state index in [2.05, 4.69) is 5.10 Å². The van der Waals surface area contributed by atoms with Gasteiger partial charge in [0.05, 0.1) is 6.04 Å². The SMILES string of the molecule is Cc1cc(C(C)(F)F)nn1C1CCCC1. The topological polar surface area (TPSA) is 17.8 Å². The zero-order valence-corrected chi connectivity index (χ0v) is 9.13. The molecule has 0 spiro atoms. The van der Waals surface area contributed by atoms with Crippen molar-refractivity contribution in [2.24, 2.45) is 0 Å². The summed E-state index contributed by atoms with van der Waals surface area (Å²) in [7, 11) is 0. The minimum atomic E-state index is -2.82. The van der Waals surface area contributed by atoms with Crippen LogP contribution in [0.15, 0.2) is 6.07 Å². The van der Waals surface area contributed by atoms with Crippen molar-refractivity contribution in [3.63, 3.8) is 0 Å². The molecule has 0 amide bonds. The van der Waals surface area contributed by atoms with E-state index in [0.717, 1.165) is 25.5 Å². The fraction of sp³-hybridized carbons (Fsp3) is 0.727. The normalized spacial score (nSPS) is 18.7. The zero-order chi connectivity index (χ0) is 11.1. The first-order valence-electron chi connectivity index (χ1n) is 5.43. The van der Waals surface area contributed by atoms with Crippen molar-refractivity contribution in [3.05, 3.63) is 17.5 Å². The van der Waals surface area contributed by atoms with Gasteiger partial charge in [0.2, 0.25) is 0 Å². The molecule has 1 aliphatic carbocycles. The molecular formula is C11H16F2N2. The summed E-state index contributed by atoms with van der Waals surface area (Å²) < 4.78 is 27.9. The van der Waals surface area contributed by atoms with Gasteiger partial charge in [-0.15, -0.1) is 0 Å². The van der Waals surface area contributed by atoms with Crippen LogP contribution in [0.25, 0.3) is 0 Å². The molecule has 84 valence electrons. The smallest absolute Gasteiger partial charge is 0.266 e. The lowest BCUT2D eigenvalue weighted by Crippen LogP contribution is -2.12. The first-order chi connectivity index (χ1) is 6.98. The largest absolute Gasteiger partial charge is 0.288 e. The van der Waals surface area contributed by atoms with Gasteiger partial charge < -0.3 is 0 Å². The van der Waals surface area contributed by atoms with Crippen LogP contribution in [0.3, 0.4) is 0 Å². The minimum Gasteiger partial charge on any atom is -0.266 e. The second-order valence-electron chi connectivity index (χ2n) is 4.44. The summed E-state index contributed by atoms with van der Waals surface area (Å²) in [6.45, 7) is 2.74. The molecular weight excluding hydrogens is 198 g/mol. The van der Waals surface area contributed by atoms with Crippen LogP contribution < -0.4 is 0 Å². The van der Waals surface area contributed by atoms with Crippen LogP contribution >= 0.6 is 0 Å². The Kier molecular flexibility index (Phi) is 2.52. The highest BCUT2D eigenvalue weighted by molar-refractivity contribution is 5.14.